The topological polar surface area (TPSA) is 127 Å². The minimum Gasteiger partial charge on any atom is -0.497 e. The van der Waals surface area contributed by atoms with E-state index in [1.54, 1.807) is 19.3 Å². The second-order valence-corrected chi connectivity index (χ2v) is 10.8. The van der Waals surface area contributed by atoms with Crippen molar-refractivity contribution in [2.24, 2.45) is 11.7 Å². The number of hydroxylamine groups is 2. The second-order valence-electron chi connectivity index (χ2n) is 10.8. The third kappa shape index (κ3) is 7.27. The van der Waals surface area contributed by atoms with Gasteiger partial charge in [-0.1, -0.05) is 37.3 Å². The van der Waals surface area contributed by atoms with E-state index in [0.717, 1.165) is 33.7 Å². The number of nitrogens with zero attached hydrogens (tertiary/aromatic N) is 2. The summed E-state index contributed by atoms with van der Waals surface area (Å²) < 4.78 is 11.2. The summed E-state index contributed by atoms with van der Waals surface area (Å²) >= 11 is 0. The van der Waals surface area contributed by atoms with Crippen LogP contribution in [0, 0.1) is 5.92 Å². The van der Waals surface area contributed by atoms with Crippen molar-refractivity contribution in [2.75, 3.05) is 46.4 Å². The fourth-order valence-corrected chi connectivity index (χ4v) is 5.63. The van der Waals surface area contributed by atoms with Gasteiger partial charge in [-0.25, -0.2) is 0 Å². The monoisotopic (exact) mass is 590 g/mol. The number of nitrogens with one attached hydrogen (secondary N) is 1. The molecule has 0 aliphatic carbocycles. The van der Waals surface area contributed by atoms with E-state index in [-0.39, 0.29) is 25.0 Å². The highest BCUT2D eigenvalue weighted by molar-refractivity contribution is 5.97. The maximum Gasteiger partial charge on any atom is 0.251 e. The number of aliphatic hydroxyl groups is 1. The number of methoxy groups -OCH3 is 2. The number of hydrogen-bond donors (Lipinski definition) is 3. The largest absolute Gasteiger partial charge is 0.497 e. The Morgan fingerprint density at radius 1 is 1.07 bits per heavy atom. The zero-order valence-corrected chi connectivity index (χ0v) is 25.5. The highest BCUT2D eigenvalue weighted by atomic mass is 16.7. The van der Waals surface area contributed by atoms with Gasteiger partial charge in [0, 0.05) is 48.9 Å². The van der Waals surface area contributed by atoms with Gasteiger partial charge in [-0.2, -0.15) is 5.06 Å². The van der Waals surface area contributed by atoms with Gasteiger partial charge in [0.1, 0.15) is 23.6 Å². The zero-order valence-electron chi connectivity index (χ0n) is 25.5. The molecule has 0 aromatic heterocycles. The smallest absolute Gasteiger partial charge is 0.251 e. The van der Waals surface area contributed by atoms with E-state index in [0.29, 0.717) is 30.7 Å². The molecule has 1 aliphatic heterocycles. The lowest BCUT2D eigenvalue weighted by Crippen LogP contribution is -2.43. The number of para-hydroxylation sites is 1. The Morgan fingerprint density at radius 2 is 1.84 bits per heavy atom. The lowest BCUT2D eigenvalue weighted by molar-refractivity contribution is -0.180. The zero-order chi connectivity index (χ0) is 31.1. The number of rotatable bonds is 13. The average Bonchev–Trinajstić information content (AvgIpc) is 3.38. The van der Waals surface area contributed by atoms with Crippen LogP contribution in [0.4, 0.5) is 5.69 Å². The molecule has 4 N–H and O–H groups in total. The molecule has 1 fully saturated rings. The van der Waals surface area contributed by atoms with Crippen molar-refractivity contribution in [1.82, 2.24) is 10.4 Å². The molecule has 0 saturated carbocycles. The predicted molar refractivity (Wildman–Crippen MR) is 166 cm³/mol. The van der Waals surface area contributed by atoms with Gasteiger partial charge in [-0.3, -0.25) is 14.4 Å². The summed E-state index contributed by atoms with van der Waals surface area (Å²) in [6.45, 7) is 2.43. The standard InChI is InChI=1S/C33H42N4O6/c1-6-27-29(20-38)43-37(30(27)32(34)39)19-22-10-8-12-28(31(22)42-5)23-16-24(18-25(17-23)36(2)3)33(40)35-14-13-21-9-7-11-26(15-21)41-4/h7-12,15-18,27,29-30,38H,6,13-14,19-20H2,1-5H3,(H2,34,39)(H,35,40)/t27-,29-,30?/m0/s1. The summed E-state index contributed by atoms with van der Waals surface area (Å²) in [5.41, 5.74) is 10.6. The third-order valence-electron chi connectivity index (χ3n) is 7.87. The first-order valence-corrected chi connectivity index (χ1v) is 14.4. The second kappa shape index (κ2) is 14.4. The number of anilines is 1. The van der Waals surface area contributed by atoms with Crippen LogP contribution in [0.5, 0.6) is 11.5 Å². The molecular weight excluding hydrogens is 548 g/mol. The van der Waals surface area contributed by atoms with Crippen LogP contribution in [-0.2, 0) is 22.6 Å². The Hall–Kier alpha value is -4.12. The highest BCUT2D eigenvalue weighted by Crippen LogP contribution is 2.38. The number of benzene rings is 3. The van der Waals surface area contributed by atoms with Gasteiger partial charge in [-0.05, 0) is 54.3 Å². The summed E-state index contributed by atoms with van der Waals surface area (Å²) in [5, 5.41) is 14.4. The molecule has 43 heavy (non-hydrogen) atoms. The lowest BCUT2D eigenvalue weighted by atomic mass is 9.91. The molecule has 10 nitrogen and oxygen atoms in total. The molecular formula is C33H42N4O6. The van der Waals surface area contributed by atoms with Crippen LogP contribution in [0.25, 0.3) is 11.1 Å². The van der Waals surface area contributed by atoms with E-state index >= 15 is 0 Å². The Balaban J connectivity index is 1.61. The maximum atomic E-state index is 13.3. The molecule has 1 aliphatic rings. The van der Waals surface area contributed by atoms with E-state index in [2.05, 4.69) is 5.32 Å². The minimum absolute atomic E-state index is 0.182. The van der Waals surface area contributed by atoms with Crippen LogP contribution >= 0.6 is 0 Å². The molecule has 1 saturated heterocycles. The number of ether oxygens (including phenoxy) is 2. The predicted octanol–water partition coefficient (Wildman–Crippen LogP) is 3.40. The molecule has 3 aromatic rings. The van der Waals surface area contributed by atoms with Gasteiger partial charge in [-0.15, -0.1) is 0 Å². The Morgan fingerprint density at radius 3 is 2.49 bits per heavy atom. The van der Waals surface area contributed by atoms with Gasteiger partial charge >= 0.3 is 0 Å². The SMILES string of the molecule is CC[C@@H]1C(C(N)=O)N(Cc2cccc(-c3cc(C(=O)NCCc4cccc(OC)c4)cc(N(C)C)c3)c2OC)O[C@H]1CO. The van der Waals surface area contributed by atoms with Crippen LogP contribution < -0.4 is 25.4 Å². The van der Waals surface area contributed by atoms with Crippen LogP contribution in [0.1, 0.15) is 34.8 Å². The van der Waals surface area contributed by atoms with Crippen molar-refractivity contribution in [1.29, 1.82) is 0 Å². The van der Waals surface area contributed by atoms with Crippen molar-refractivity contribution >= 4 is 17.5 Å². The first-order chi connectivity index (χ1) is 20.7. The minimum atomic E-state index is -0.681. The number of aliphatic hydroxyl groups excluding tert-OH is 1. The van der Waals surface area contributed by atoms with Crippen LogP contribution in [0.2, 0.25) is 0 Å². The average molecular weight is 591 g/mol. The number of amides is 2. The molecule has 1 heterocycles. The summed E-state index contributed by atoms with van der Waals surface area (Å²) in [4.78, 5) is 33.6. The van der Waals surface area contributed by atoms with Crippen LogP contribution in [0.3, 0.4) is 0 Å². The Kier molecular flexibility index (Phi) is 10.6. The quantitative estimate of drug-likeness (QED) is 0.277. The molecule has 1 unspecified atom stereocenters. The number of carbonyl (C=O) groups is 2. The maximum absolute atomic E-state index is 13.3. The van der Waals surface area contributed by atoms with Gasteiger partial charge in [0.05, 0.1) is 27.4 Å². The molecule has 230 valence electrons. The van der Waals surface area contributed by atoms with Gasteiger partial charge in [0.25, 0.3) is 5.91 Å². The molecule has 10 heteroatoms. The summed E-state index contributed by atoms with van der Waals surface area (Å²) in [6, 6.07) is 18.6. The van der Waals surface area contributed by atoms with E-state index in [9.17, 15) is 14.7 Å². The van der Waals surface area contributed by atoms with Crippen molar-refractivity contribution in [2.45, 2.75) is 38.5 Å². The van der Waals surface area contributed by atoms with Crippen molar-refractivity contribution in [3.05, 3.63) is 77.4 Å². The summed E-state index contributed by atoms with van der Waals surface area (Å²) in [5.74, 6) is 0.466. The molecule has 0 radical (unpaired) electrons. The van der Waals surface area contributed by atoms with Crippen molar-refractivity contribution in [3.63, 3.8) is 0 Å². The lowest BCUT2D eigenvalue weighted by Gasteiger charge is -2.24. The number of carbonyl (C=O) groups excluding carboxylic acids is 2. The fourth-order valence-electron chi connectivity index (χ4n) is 5.63. The Labute approximate surface area is 253 Å². The number of primary amides is 1. The summed E-state index contributed by atoms with van der Waals surface area (Å²) in [6.07, 6.45) is 0.784. The van der Waals surface area contributed by atoms with Gasteiger partial charge in [0.2, 0.25) is 5.91 Å². The fraction of sp³-hybridized carbons (Fsp3) is 0.394. The highest BCUT2D eigenvalue weighted by Gasteiger charge is 2.45. The van der Waals surface area contributed by atoms with Gasteiger partial charge in [0.15, 0.2) is 0 Å². The van der Waals surface area contributed by atoms with Crippen LogP contribution in [-0.4, -0.2) is 75.6 Å². The molecule has 3 aromatic carbocycles. The van der Waals surface area contributed by atoms with E-state index < -0.39 is 18.1 Å². The van der Waals surface area contributed by atoms with Crippen molar-refractivity contribution < 1.29 is 29.0 Å². The van der Waals surface area contributed by atoms with E-state index in [4.69, 9.17) is 20.0 Å². The summed E-state index contributed by atoms with van der Waals surface area (Å²) in [7, 11) is 7.07. The first-order valence-electron chi connectivity index (χ1n) is 14.4. The van der Waals surface area contributed by atoms with E-state index in [1.165, 1.54) is 0 Å². The normalized spacial score (nSPS) is 18.3. The number of nitrogens with two attached hydrogens (primary N) is 1. The molecule has 3 atom stereocenters. The van der Waals surface area contributed by atoms with Crippen molar-refractivity contribution in [3.8, 4) is 22.6 Å². The Bertz CT molecular complexity index is 1430. The van der Waals surface area contributed by atoms with E-state index in [1.807, 2.05) is 86.6 Å². The van der Waals surface area contributed by atoms with Gasteiger partial charge < -0.3 is 30.5 Å². The molecule has 2 amide bonds. The third-order valence-corrected chi connectivity index (χ3v) is 7.87. The number of hydrogen-bond acceptors (Lipinski definition) is 8. The molecule has 0 bridgehead atoms. The first kappa shape index (κ1) is 31.8. The van der Waals surface area contributed by atoms with Crippen LogP contribution in [0.15, 0.2) is 60.7 Å². The molecule has 0 spiro atoms. The molecule has 4 rings (SSSR count).